The average Bonchev–Trinajstić information content (AvgIpc) is 2.48. The Morgan fingerprint density at radius 3 is 2.52 bits per heavy atom. The molecular weight excluding hydrogens is 264 g/mol. The maximum Gasteiger partial charge on any atom is 0.290 e. The molecule has 0 saturated heterocycles. The predicted molar refractivity (Wildman–Crippen MR) is 80.8 cm³/mol. The molecule has 1 heterocycles. The Balaban J connectivity index is 2.03. The van der Waals surface area contributed by atoms with Gasteiger partial charge in [0.15, 0.2) is 12.4 Å². The Hall–Kier alpha value is -2.87. The van der Waals surface area contributed by atoms with E-state index in [9.17, 15) is 4.79 Å². The van der Waals surface area contributed by atoms with Gasteiger partial charge < -0.3 is 10.2 Å². The van der Waals surface area contributed by atoms with Crippen LogP contribution in [0, 0.1) is 11.3 Å². The molecule has 21 heavy (non-hydrogen) atoms. The summed E-state index contributed by atoms with van der Waals surface area (Å²) < 4.78 is 1.79. The summed E-state index contributed by atoms with van der Waals surface area (Å²) in [5.41, 5.74) is 2.07. The van der Waals surface area contributed by atoms with Crippen LogP contribution >= 0.6 is 0 Å². The first kappa shape index (κ1) is 14.5. The van der Waals surface area contributed by atoms with Crippen molar-refractivity contribution in [3.63, 3.8) is 0 Å². The number of carbonyl (C=O) groups excluding carboxylic acids is 1. The van der Waals surface area contributed by atoms with Crippen LogP contribution in [-0.2, 0) is 11.3 Å². The van der Waals surface area contributed by atoms with Crippen LogP contribution in [0.2, 0.25) is 0 Å². The fraction of sp³-hybridized carbons (Fsp3) is 0.188. The van der Waals surface area contributed by atoms with E-state index < -0.39 is 0 Å². The van der Waals surface area contributed by atoms with Crippen LogP contribution in [0.25, 0.3) is 0 Å². The molecule has 0 aliphatic heterocycles. The van der Waals surface area contributed by atoms with Gasteiger partial charge in [-0.2, -0.15) is 9.83 Å². The van der Waals surface area contributed by atoms with E-state index in [0.29, 0.717) is 11.3 Å². The van der Waals surface area contributed by atoms with Gasteiger partial charge in [-0.1, -0.05) is 12.1 Å². The number of hydrogen-bond donors (Lipinski definition) is 1. The van der Waals surface area contributed by atoms with E-state index in [1.54, 1.807) is 28.8 Å². The maximum atomic E-state index is 12.0. The lowest BCUT2D eigenvalue weighted by Gasteiger charge is -2.10. The second-order valence-corrected chi connectivity index (χ2v) is 4.83. The van der Waals surface area contributed by atoms with Crippen molar-refractivity contribution in [1.82, 2.24) is 0 Å². The number of nitriles is 1. The number of pyridine rings is 1. The standard InChI is InChI=1S/C16H16N4O/c1-19(2)14-7-9-20(10-8-14)12-16(21)18-15-6-4-3-5-13(15)11-17/h3-10H,12H2,1-2H3/p+1. The topological polar surface area (TPSA) is 60.0 Å². The second-order valence-electron chi connectivity index (χ2n) is 4.83. The van der Waals surface area contributed by atoms with Crippen molar-refractivity contribution in [2.45, 2.75) is 6.54 Å². The first-order valence-electron chi connectivity index (χ1n) is 6.55. The van der Waals surface area contributed by atoms with Crippen LogP contribution in [0.5, 0.6) is 0 Å². The molecule has 2 aromatic rings. The molecule has 5 nitrogen and oxygen atoms in total. The molecule has 1 N–H and O–H groups in total. The van der Waals surface area contributed by atoms with E-state index in [-0.39, 0.29) is 12.5 Å². The minimum absolute atomic E-state index is 0.166. The number of amides is 1. The Labute approximate surface area is 124 Å². The van der Waals surface area contributed by atoms with E-state index >= 15 is 0 Å². The fourth-order valence-corrected chi connectivity index (χ4v) is 1.90. The van der Waals surface area contributed by atoms with Gasteiger partial charge in [-0.15, -0.1) is 0 Å². The number of carbonyl (C=O) groups is 1. The highest BCUT2D eigenvalue weighted by Crippen LogP contribution is 2.13. The minimum atomic E-state index is -0.166. The smallest absolute Gasteiger partial charge is 0.290 e. The summed E-state index contributed by atoms with van der Waals surface area (Å²) in [6, 6.07) is 12.9. The third-order valence-corrected chi connectivity index (χ3v) is 3.04. The van der Waals surface area contributed by atoms with Crippen molar-refractivity contribution in [3.8, 4) is 6.07 Å². The zero-order chi connectivity index (χ0) is 15.2. The molecule has 1 aromatic carbocycles. The molecule has 0 atom stereocenters. The molecule has 5 heteroatoms. The highest BCUT2D eigenvalue weighted by Gasteiger charge is 2.11. The van der Waals surface area contributed by atoms with E-state index in [0.717, 1.165) is 5.69 Å². The van der Waals surface area contributed by atoms with Crippen molar-refractivity contribution in [1.29, 1.82) is 5.26 Å². The van der Waals surface area contributed by atoms with Crippen molar-refractivity contribution in [2.24, 2.45) is 0 Å². The second kappa shape index (κ2) is 6.53. The zero-order valence-electron chi connectivity index (χ0n) is 12.1. The Bertz CT molecular complexity index is 671. The molecule has 0 fully saturated rings. The number of nitrogens with zero attached hydrogens (tertiary/aromatic N) is 3. The van der Waals surface area contributed by atoms with E-state index in [2.05, 4.69) is 11.4 Å². The van der Waals surface area contributed by atoms with Crippen molar-refractivity contribution < 1.29 is 9.36 Å². The van der Waals surface area contributed by atoms with Gasteiger partial charge in [0.05, 0.1) is 11.3 Å². The van der Waals surface area contributed by atoms with E-state index in [1.165, 1.54) is 0 Å². The number of anilines is 2. The first-order chi connectivity index (χ1) is 10.1. The predicted octanol–water partition coefficient (Wildman–Crippen LogP) is 1.55. The summed E-state index contributed by atoms with van der Waals surface area (Å²) in [6.07, 6.45) is 3.70. The summed E-state index contributed by atoms with van der Waals surface area (Å²) in [5.74, 6) is -0.166. The highest BCUT2D eigenvalue weighted by molar-refractivity contribution is 5.91. The molecule has 0 saturated carbocycles. The highest BCUT2D eigenvalue weighted by atomic mass is 16.1. The molecule has 0 aliphatic carbocycles. The number of benzene rings is 1. The van der Waals surface area contributed by atoms with Gasteiger partial charge in [0, 0.05) is 31.9 Å². The minimum Gasteiger partial charge on any atom is -0.377 e. The Morgan fingerprint density at radius 1 is 1.24 bits per heavy atom. The third-order valence-electron chi connectivity index (χ3n) is 3.04. The molecule has 0 radical (unpaired) electrons. The van der Waals surface area contributed by atoms with Gasteiger partial charge in [0.25, 0.3) is 5.91 Å². The van der Waals surface area contributed by atoms with Crippen LogP contribution in [-0.4, -0.2) is 20.0 Å². The van der Waals surface area contributed by atoms with Crippen molar-refractivity contribution in [3.05, 3.63) is 54.4 Å². The van der Waals surface area contributed by atoms with Gasteiger partial charge in [-0.25, -0.2) is 0 Å². The SMILES string of the molecule is CN(C)c1cc[n+](CC(=O)Nc2ccccc2C#N)cc1. The van der Waals surface area contributed by atoms with Gasteiger partial charge in [-0.3, -0.25) is 4.79 Å². The molecular formula is C16H17N4O+. The van der Waals surface area contributed by atoms with Crippen LogP contribution in [0.4, 0.5) is 11.4 Å². The monoisotopic (exact) mass is 281 g/mol. The Morgan fingerprint density at radius 2 is 1.90 bits per heavy atom. The lowest BCUT2D eigenvalue weighted by Crippen LogP contribution is -2.39. The number of hydrogen-bond acceptors (Lipinski definition) is 3. The quantitative estimate of drug-likeness (QED) is 0.865. The number of rotatable bonds is 4. The van der Waals surface area contributed by atoms with E-state index in [4.69, 9.17) is 5.26 Å². The van der Waals surface area contributed by atoms with Crippen LogP contribution in [0.3, 0.4) is 0 Å². The summed E-state index contributed by atoms with van der Waals surface area (Å²) in [7, 11) is 3.93. The van der Waals surface area contributed by atoms with Gasteiger partial charge >= 0.3 is 0 Å². The molecule has 0 spiro atoms. The molecule has 0 aliphatic rings. The summed E-state index contributed by atoms with van der Waals surface area (Å²) in [5, 5.41) is 11.7. The average molecular weight is 281 g/mol. The Kier molecular flexibility index (Phi) is 4.52. The molecule has 106 valence electrons. The zero-order valence-corrected chi connectivity index (χ0v) is 12.1. The summed E-state index contributed by atoms with van der Waals surface area (Å²) in [6.45, 7) is 0.202. The van der Waals surface area contributed by atoms with Crippen LogP contribution in [0.15, 0.2) is 48.8 Å². The number of nitrogens with one attached hydrogen (secondary N) is 1. The summed E-state index contributed by atoms with van der Waals surface area (Å²) >= 11 is 0. The molecule has 1 amide bonds. The van der Waals surface area contributed by atoms with E-state index in [1.807, 2.05) is 43.5 Å². The van der Waals surface area contributed by atoms with Crippen LogP contribution < -0.4 is 14.8 Å². The molecule has 2 rings (SSSR count). The van der Waals surface area contributed by atoms with Gasteiger partial charge in [0.2, 0.25) is 6.54 Å². The number of para-hydroxylation sites is 1. The maximum absolute atomic E-state index is 12.0. The largest absolute Gasteiger partial charge is 0.377 e. The van der Waals surface area contributed by atoms with Crippen molar-refractivity contribution >= 4 is 17.3 Å². The van der Waals surface area contributed by atoms with Gasteiger partial charge in [0.1, 0.15) is 6.07 Å². The van der Waals surface area contributed by atoms with Crippen molar-refractivity contribution in [2.75, 3.05) is 24.3 Å². The fourth-order valence-electron chi connectivity index (χ4n) is 1.90. The van der Waals surface area contributed by atoms with Gasteiger partial charge in [-0.05, 0) is 12.1 Å². The molecule has 0 unspecified atom stereocenters. The molecule has 1 aromatic heterocycles. The van der Waals surface area contributed by atoms with Crippen LogP contribution in [0.1, 0.15) is 5.56 Å². The normalized spacial score (nSPS) is 9.76. The first-order valence-corrected chi connectivity index (χ1v) is 6.55. The third kappa shape index (κ3) is 3.80. The lowest BCUT2D eigenvalue weighted by atomic mass is 10.2. The summed E-state index contributed by atoms with van der Waals surface area (Å²) in [4.78, 5) is 14.0. The lowest BCUT2D eigenvalue weighted by molar-refractivity contribution is -0.684. The number of aromatic nitrogens is 1. The molecule has 0 bridgehead atoms.